The first-order valence-corrected chi connectivity index (χ1v) is 5.90. The molecule has 0 aromatic heterocycles. The topological polar surface area (TPSA) is 39.7 Å². The summed E-state index contributed by atoms with van der Waals surface area (Å²) in [5.74, 6) is 1.68. The largest absolute Gasteiger partial charge is 0.497 e. The van der Waals surface area contributed by atoms with Crippen molar-refractivity contribution >= 4 is 0 Å². The fraction of sp³-hybridized carbons (Fsp3) is 0.538. The lowest BCUT2D eigenvalue weighted by atomic mass is 10.2. The fourth-order valence-electron chi connectivity index (χ4n) is 1.70. The van der Waals surface area contributed by atoms with Crippen LogP contribution in [0.3, 0.4) is 0 Å². The minimum Gasteiger partial charge on any atom is -0.497 e. The average molecular weight is 237 g/mol. The van der Waals surface area contributed by atoms with Crippen molar-refractivity contribution in [3.63, 3.8) is 0 Å². The van der Waals surface area contributed by atoms with Crippen LogP contribution in [-0.2, 0) is 4.74 Å². The number of nitrogens with one attached hydrogen (secondary N) is 1. The first kappa shape index (κ1) is 12.2. The van der Waals surface area contributed by atoms with Crippen LogP contribution in [0.25, 0.3) is 0 Å². The van der Waals surface area contributed by atoms with Crippen molar-refractivity contribution in [1.82, 2.24) is 5.32 Å². The Hall–Kier alpha value is -1.26. The van der Waals surface area contributed by atoms with Gasteiger partial charge in [-0.05, 0) is 31.2 Å². The molecule has 1 fully saturated rings. The van der Waals surface area contributed by atoms with Gasteiger partial charge in [-0.2, -0.15) is 0 Å². The molecule has 0 spiro atoms. The molecule has 94 valence electrons. The Labute approximate surface area is 102 Å². The Kier molecular flexibility index (Phi) is 4.23. The molecule has 1 aliphatic heterocycles. The quantitative estimate of drug-likeness (QED) is 0.860. The summed E-state index contributed by atoms with van der Waals surface area (Å²) in [7, 11) is 1.65. The van der Waals surface area contributed by atoms with E-state index in [2.05, 4.69) is 12.2 Å². The molecule has 1 saturated heterocycles. The second kappa shape index (κ2) is 5.89. The van der Waals surface area contributed by atoms with E-state index in [0.717, 1.165) is 24.7 Å². The van der Waals surface area contributed by atoms with Crippen LogP contribution < -0.4 is 14.8 Å². The Morgan fingerprint density at radius 1 is 1.29 bits per heavy atom. The summed E-state index contributed by atoms with van der Waals surface area (Å²) >= 11 is 0. The molecule has 1 aliphatic rings. The lowest BCUT2D eigenvalue weighted by Crippen LogP contribution is -2.46. The van der Waals surface area contributed by atoms with Crippen molar-refractivity contribution in [2.75, 3.05) is 26.9 Å². The second-order valence-electron chi connectivity index (χ2n) is 4.25. The molecule has 17 heavy (non-hydrogen) atoms. The van der Waals surface area contributed by atoms with Gasteiger partial charge in [0, 0.05) is 12.6 Å². The van der Waals surface area contributed by atoms with Crippen molar-refractivity contribution in [3.8, 4) is 11.5 Å². The number of hydrogen-bond donors (Lipinski definition) is 1. The third kappa shape index (κ3) is 3.61. The third-order valence-corrected chi connectivity index (χ3v) is 2.77. The van der Waals surface area contributed by atoms with Crippen LogP contribution in [0.4, 0.5) is 0 Å². The molecule has 2 atom stereocenters. The van der Waals surface area contributed by atoms with Gasteiger partial charge in [-0.25, -0.2) is 0 Å². The zero-order chi connectivity index (χ0) is 12.1. The zero-order valence-electron chi connectivity index (χ0n) is 10.3. The standard InChI is InChI=1S/C13H19NO3/c1-10-8-16-13(7-14-10)9-17-12-5-3-11(15-2)4-6-12/h3-6,10,13-14H,7-9H2,1-2H3. The Balaban J connectivity index is 1.77. The molecular weight excluding hydrogens is 218 g/mol. The number of hydrogen-bond acceptors (Lipinski definition) is 4. The van der Waals surface area contributed by atoms with Gasteiger partial charge in [0.1, 0.15) is 24.2 Å². The van der Waals surface area contributed by atoms with Crippen LogP contribution in [0, 0.1) is 0 Å². The number of rotatable bonds is 4. The Bertz CT molecular complexity index is 331. The van der Waals surface area contributed by atoms with E-state index < -0.39 is 0 Å². The van der Waals surface area contributed by atoms with Crippen molar-refractivity contribution in [3.05, 3.63) is 24.3 Å². The van der Waals surface area contributed by atoms with E-state index in [4.69, 9.17) is 14.2 Å². The van der Waals surface area contributed by atoms with Gasteiger partial charge < -0.3 is 19.5 Å². The molecule has 0 aliphatic carbocycles. The number of ether oxygens (including phenoxy) is 3. The highest BCUT2D eigenvalue weighted by atomic mass is 16.5. The van der Waals surface area contributed by atoms with Gasteiger partial charge in [0.25, 0.3) is 0 Å². The molecule has 1 aromatic carbocycles. The van der Waals surface area contributed by atoms with Crippen molar-refractivity contribution < 1.29 is 14.2 Å². The van der Waals surface area contributed by atoms with E-state index >= 15 is 0 Å². The van der Waals surface area contributed by atoms with Crippen LogP contribution in [0.5, 0.6) is 11.5 Å². The molecule has 4 heteroatoms. The van der Waals surface area contributed by atoms with E-state index in [9.17, 15) is 0 Å². The predicted molar refractivity (Wildman–Crippen MR) is 65.7 cm³/mol. The van der Waals surface area contributed by atoms with Crippen LogP contribution in [0.2, 0.25) is 0 Å². The Morgan fingerprint density at radius 3 is 2.59 bits per heavy atom. The minimum absolute atomic E-state index is 0.133. The summed E-state index contributed by atoms with van der Waals surface area (Å²) in [5, 5.41) is 3.36. The van der Waals surface area contributed by atoms with Gasteiger partial charge >= 0.3 is 0 Å². The van der Waals surface area contributed by atoms with Crippen LogP contribution >= 0.6 is 0 Å². The molecule has 0 bridgehead atoms. The first-order valence-electron chi connectivity index (χ1n) is 5.90. The molecule has 0 amide bonds. The highest BCUT2D eigenvalue weighted by molar-refractivity contribution is 5.31. The summed E-state index contributed by atoms with van der Waals surface area (Å²) in [6.07, 6.45) is 0.133. The van der Waals surface area contributed by atoms with Crippen molar-refractivity contribution in [1.29, 1.82) is 0 Å². The van der Waals surface area contributed by atoms with E-state index in [1.807, 2.05) is 24.3 Å². The maximum absolute atomic E-state index is 5.66. The smallest absolute Gasteiger partial charge is 0.119 e. The summed E-state index contributed by atoms with van der Waals surface area (Å²) < 4.78 is 16.4. The van der Waals surface area contributed by atoms with Gasteiger partial charge in [0.15, 0.2) is 0 Å². The summed E-state index contributed by atoms with van der Waals surface area (Å²) in [4.78, 5) is 0. The third-order valence-electron chi connectivity index (χ3n) is 2.77. The second-order valence-corrected chi connectivity index (χ2v) is 4.25. The molecule has 2 rings (SSSR count). The van der Waals surface area contributed by atoms with Crippen molar-refractivity contribution in [2.24, 2.45) is 0 Å². The number of morpholine rings is 1. The summed E-state index contributed by atoms with van der Waals surface area (Å²) in [6.45, 7) is 4.28. The predicted octanol–water partition coefficient (Wildman–Crippen LogP) is 1.45. The highest BCUT2D eigenvalue weighted by Gasteiger charge is 2.18. The molecule has 0 saturated carbocycles. The normalized spacial score (nSPS) is 24.4. The summed E-state index contributed by atoms with van der Waals surface area (Å²) in [6, 6.07) is 8.01. The molecular formula is C13H19NO3. The maximum atomic E-state index is 5.66. The van der Waals surface area contributed by atoms with Gasteiger partial charge in [-0.3, -0.25) is 0 Å². The number of methoxy groups -OCH3 is 1. The van der Waals surface area contributed by atoms with Gasteiger partial charge in [-0.1, -0.05) is 0 Å². The first-order chi connectivity index (χ1) is 8.28. The lowest BCUT2D eigenvalue weighted by molar-refractivity contribution is -0.0165. The van der Waals surface area contributed by atoms with E-state index in [-0.39, 0.29) is 6.10 Å². The van der Waals surface area contributed by atoms with E-state index in [0.29, 0.717) is 12.6 Å². The number of benzene rings is 1. The van der Waals surface area contributed by atoms with Gasteiger partial charge in [0.2, 0.25) is 0 Å². The van der Waals surface area contributed by atoms with E-state index in [1.165, 1.54) is 0 Å². The van der Waals surface area contributed by atoms with Gasteiger partial charge in [0.05, 0.1) is 13.7 Å². The highest BCUT2D eigenvalue weighted by Crippen LogP contribution is 2.17. The summed E-state index contributed by atoms with van der Waals surface area (Å²) in [5.41, 5.74) is 0. The average Bonchev–Trinajstić information content (AvgIpc) is 2.39. The zero-order valence-corrected chi connectivity index (χ0v) is 10.3. The Morgan fingerprint density at radius 2 is 2.00 bits per heavy atom. The minimum atomic E-state index is 0.133. The van der Waals surface area contributed by atoms with Crippen LogP contribution in [-0.4, -0.2) is 39.0 Å². The molecule has 1 N–H and O–H groups in total. The van der Waals surface area contributed by atoms with Crippen molar-refractivity contribution in [2.45, 2.75) is 19.1 Å². The lowest BCUT2D eigenvalue weighted by Gasteiger charge is -2.28. The van der Waals surface area contributed by atoms with Gasteiger partial charge in [-0.15, -0.1) is 0 Å². The maximum Gasteiger partial charge on any atom is 0.119 e. The molecule has 1 aromatic rings. The van der Waals surface area contributed by atoms with Crippen LogP contribution in [0.15, 0.2) is 24.3 Å². The molecule has 1 heterocycles. The van der Waals surface area contributed by atoms with E-state index in [1.54, 1.807) is 7.11 Å². The monoisotopic (exact) mass is 237 g/mol. The van der Waals surface area contributed by atoms with Crippen LogP contribution in [0.1, 0.15) is 6.92 Å². The molecule has 4 nitrogen and oxygen atoms in total. The fourth-order valence-corrected chi connectivity index (χ4v) is 1.70. The molecule has 2 unspecified atom stereocenters. The SMILES string of the molecule is COc1ccc(OCC2CNC(C)CO2)cc1. The molecule has 0 radical (unpaired) electrons.